The highest BCUT2D eigenvalue weighted by Gasteiger charge is 2.49. The highest BCUT2D eigenvalue weighted by atomic mass is 19.3. The summed E-state index contributed by atoms with van der Waals surface area (Å²) in [6, 6.07) is 7.45. The summed E-state index contributed by atoms with van der Waals surface area (Å²) in [5, 5.41) is 10.7. The molecule has 0 radical (unpaired) electrons. The zero-order valence-electron chi connectivity index (χ0n) is 25.9. The number of carbonyl (C=O) groups excluding carboxylic acids is 1. The van der Waals surface area contributed by atoms with Gasteiger partial charge in [0.25, 0.3) is 0 Å². The lowest BCUT2D eigenvalue weighted by Crippen LogP contribution is -2.50. The van der Waals surface area contributed by atoms with Crippen molar-refractivity contribution in [1.82, 2.24) is 14.9 Å². The number of halogens is 3. The minimum atomic E-state index is -3.83. The molecule has 1 aliphatic rings. The van der Waals surface area contributed by atoms with Gasteiger partial charge in [0, 0.05) is 43.0 Å². The number of aromatic nitrogens is 2. The van der Waals surface area contributed by atoms with E-state index >= 15 is 13.2 Å². The molecule has 1 aliphatic heterocycles. The largest absolute Gasteiger partial charge is 0.491 e. The topological polar surface area (TPSA) is 94.0 Å². The van der Waals surface area contributed by atoms with E-state index < -0.39 is 34.4 Å². The van der Waals surface area contributed by atoms with Gasteiger partial charge in [-0.15, -0.1) is 0 Å². The van der Waals surface area contributed by atoms with Gasteiger partial charge in [-0.25, -0.2) is 19.2 Å². The summed E-state index contributed by atoms with van der Waals surface area (Å²) in [5.41, 5.74) is -2.08. The normalized spacial score (nSPS) is 15.4. The lowest BCUT2D eigenvalue weighted by molar-refractivity contribution is -0.170. The van der Waals surface area contributed by atoms with Gasteiger partial charge in [-0.05, 0) is 65.3 Å². The summed E-state index contributed by atoms with van der Waals surface area (Å²) in [7, 11) is 1.57. The van der Waals surface area contributed by atoms with Gasteiger partial charge >= 0.3 is 12.0 Å². The molecule has 1 amide bonds. The Hall–Kier alpha value is -3.44. The van der Waals surface area contributed by atoms with Gasteiger partial charge in [-0.1, -0.05) is 19.1 Å². The van der Waals surface area contributed by atoms with Crippen LogP contribution >= 0.6 is 0 Å². The molecule has 2 aromatic carbocycles. The maximum atomic E-state index is 15.7. The third-order valence-electron chi connectivity index (χ3n) is 7.50. The van der Waals surface area contributed by atoms with E-state index in [2.05, 4.69) is 9.97 Å². The number of hydrogen-bond acceptors (Lipinski definition) is 7. The third kappa shape index (κ3) is 6.72. The molecule has 1 atom stereocenters. The summed E-state index contributed by atoms with van der Waals surface area (Å²) in [6.45, 7) is 12.2. The second-order valence-electron chi connectivity index (χ2n) is 12.6. The molecule has 0 aliphatic carbocycles. The van der Waals surface area contributed by atoms with Crippen LogP contribution < -0.4 is 4.74 Å². The molecule has 8 nitrogen and oxygen atoms in total. The Morgan fingerprint density at radius 1 is 1.12 bits per heavy atom. The van der Waals surface area contributed by atoms with Crippen molar-refractivity contribution in [2.24, 2.45) is 0 Å². The molecule has 234 valence electrons. The lowest BCUT2D eigenvalue weighted by Gasteiger charge is -2.40. The lowest BCUT2D eigenvalue weighted by atomic mass is 9.86. The quantitative estimate of drug-likeness (QED) is 0.281. The fraction of sp³-hybridized carbons (Fsp3) is 0.531. The number of benzene rings is 2. The van der Waals surface area contributed by atoms with Crippen LogP contribution in [-0.2, 0) is 15.4 Å². The molecule has 1 saturated heterocycles. The van der Waals surface area contributed by atoms with Crippen LogP contribution in [-0.4, -0.2) is 70.7 Å². The van der Waals surface area contributed by atoms with E-state index in [1.165, 1.54) is 12.1 Å². The van der Waals surface area contributed by atoms with E-state index in [4.69, 9.17) is 14.2 Å². The Labute approximate surface area is 250 Å². The summed E-state index contributed by atoms with van der Waals surface area (Å²) < 4.78 is 62.5. The van der Waals surface area contributed by atoms with E-state index in [-0.39, 0.29) is 24.2 Å². The molecule has 0 spiro atoms. The number of ether oxygens (including phenoxy) is 3. The predicted molar refractivity (Wildman–Crippen MR) is 156 cm³/mol. The first-order valence-corrected chi connectivity index (χ1v) is 14.3. The summed E-state index contributed by atoms with van der Waals surface area (Å²) in [4.78, 5) is 23.4. The second-order valence-corrected chi connectivity index (χ2v) is 12.6. The van der Waals surface area contributed by atoms with E-state index in [0.717, 1.165) is 25.5 Å². The number of aliphatic hydroxyl groups is 1. The number of rotatable bonds is 9. The van der Waals surface area contributed by atoms with Crippen molar-refractivity contribution in [2.45, 2.75) is 77.4 Å². The van der Waals surface area contributed by atoms with Crippen LogP contribution in [0.4, 0.5) is 18.0 Å². The van der Waals surface area contributed by atoms with Crippen LogP contribution in [0.2, 0.25) is 0 Å². The second kappa shape index (κ2) is 11.9. The van der Waals surface area contributed by atoms with Crippen LogP contribution in [0.1, 0.15) is 81.6 Å². The van der Waals surface area contributed by atoms with Crippen LogP contribution in [0.15, 0.2) is 30.3 Å². The van der Waals surface area contributed by atoms with E-state index in [0.29, 0.717) is 47.9 Å². The highest BCUT2D eigenvalue weighted by Crippen LogP contribution is 2.43. The molecule has 1 aromatic heterocycles. The standard InChI is InChI=1S/C32H40F3N3O5/c1-18(21-10-9-11-24(27(21)33)32(34,35)31(6,7)40)28-23-15-26(42-13-12-41-8)22(14-25(23)36-19(2)37-28)20-16-38(17-20)29(39)43-30(3,4)5/h9-11,14-15,18,20,40H,12-13,16-17H2,1-8H3. The zero-order valence-corrected chi connectivity index (χ0v) is 25.9. The summed E-state index contributed by atoms with van der Waals surface area (Å²) >= 11 is 0. The van der Waals surface area contributed by atoms with Gasteiger partial charge < -0.3 is 24.2 Å². The van der Waals surface area contributed by atoms with Crippen molar-refractivity contribution >= 4 is 17.0 Å². The first-order chi connectivity index (χ1) is 19.9. The Balaban J connectivity index is 1.76. The van der Waals surface area contributed by atoms with E-state index in [9.17, 15) is 9.90 Å². The van der Waals surface area contributed by atoms with Crippen LogP contribution in [0.5, 0.6) is 5.75 Å². The predicted octanol–water partition coefficient (Wildman–Crippen LogP) is 6.45. The first kappa shape index (κ1) is 32.5. The summed E-state index contributed by atoms with van der Waals surface area (Å²) in [5.74, 6) is -4.74. The fourth-order valence-electron chi connectivity index (χ4n) is 5.08. The maximum Gasteiger partial charge on any atom is 0.410 e. The smallest absolute Gasteiger partial charge is 0.410 e. The number of nitrogens with zero attached hydrogens (tertiary/aromatic N) is 3. The SMILES string of the molecule is COCCOc1cc2c(C(C)c3cccc(C(F)(F)C(C)(C)O)c3F)nc(C)nc2cc1C1CN(C(=O)OC(C)(C)C)C1. The molecular formula is C32H40F3N3O5. The average molecular weight is 604 g/mol. The van der Waals surface area contributed by atoms with Crippen LogP contribution in [0.25, 0.3) is 10.9 Å². The zero-order chi connectivity index (χ0) is 31.9. The third-order valence-corrected chi connectivity index (χ3v) is 7.50. The van der Waals surface area contributed by atoms with Gasteiger partial charge in [0.2, 0.25) is 0 Å². The summed E-state index contributed by atoms with van der Waals surface area (Å²) in [6.07, 6.45) is -0.389. The van der Waals surface area contributed by atoms with Gasteiger partial charge in [0.1, 0.15) is 35.2 Å². The number of hydrogen-bond donors (Lipinski definition) is 1. The molecule has 2 heterocycles. The van der Waals surface area contributed by atoms with Gasteiger partial charge in [0.15, 0.2) is 0 Å². The molecule has 11 heteroatoms. The van der Waals surface area contributed by atoms with Crippen molar-refractivity contribution in [2.75, 3.05) is 33.4 Å². The van der Waals surface area contributed by atoms with Crippen molar-refractivity contribution in [1.29, 1.82) is 0 Å². The molecule has 43 heavy (non-hydrogen) atoms. The van der Waals surface area contributed by atoms with Crippen molar-refractivity contribution in [3.05, 3.63) is 64.4 Å². The number of likely N-dealkylation sites (tertiary alicyclic amines) is 1. The molecule has 4 rings (SSSR count). The Morgan fingerprint density at radius 2 is 1.79 bits per heavy atom. The number of alkyl halides is 2. The van der Waals surface area contributed by atoms with E-state index in [1.807, 2.05) is 26.8 Å². The average Bonchev–Trinajstić information content (AvgIpc) is 2.85. The Kier molecular flexibility index (Phi) is 9.00. The van der Waals surface area contributed by atoms with Gasteiger partial charge in [0.05, 0.1) is 23.4 Å². The first-order valence-electron chi connectivity index (χ1n) is 14.3. The van der Waals surface area contributed by atoms with Crippen molar-refractivity contribution in [3.8, 4) is 5.75 Å². The number of methoxy groups -OCH3 is 1. The minimum Gasteiger partial charge on any atom is -0.491 e. The number of carbonyl (C=O) groups is 1. The van der Waals surface area contributed by atoms with Gasteiger partial charge in [-0.2, -0.15) is 8.78 Å². The maximum absolute atomic E-state index is 15.7. The van der Waals surface area contributed by atoms with E-state index in [1.54, 1.807) is 31.9 Å². The van der Waals surface area contributed by atoms with Crippen molar-refractivity contribution < 1.29 is 37.3 Å². The molecule has 1 unspecified atom stereocenters. The van der Waals surface area contributed by atoms with Crippen LogP contribution in [0, 0.1) is 12.7 Å². The van der Waals surface area contributed by atoms with Gasteiger partial charge in [-0.3, -0.25) is 0 Å². The Morgan fingerprint density at radius 3 is 2.40 bits per heavy atom. The fourth-order valence-corrected chi connectivity index (χ4v) is 5.08. The highest BCUT2D eigenvalue weighted by molar-refractivity contribution is 5.85. The monoisotopic (exact) mass is 603 g/mol. The van der Waals surface area contributed by atoms with Crippen LogP contribution in [0.3, 0.4) is 0 Å². The Bertz CT molecular complexity index is 1490. The molecule has 1 N–H and O–H groups in total. The molecule has 1 fully saturated rings. The molecule has 0 saturated carbocycles. The molecule has 3 aromatic rings. The molecular weight excluding hydrogens is 563 g/mol. The number of amides is 1. The number of fused-ring (bicyclic) bond motifs is 1. The van der Waals surface area contributed by atoms with Crippen molar-refractivity contribution in [3.63, 3.8) is 0 Å². The number of aryl methyl sites for hydroxylation is 1. The minimum absolute atomic E-state index is 0.0127. The molecule has 0 bridgehead atoms.